The van der Waals surface area contributed by atoms with Gasteiger partial charge in [-0.2, -0.15) is 15.4 Å². The van der Waals surface area contributed by atoms with Crippen molar-refractivity contribution in [1.82, 2.24) is 25.4 Å². The number of hydrogen-bond donors (Lipinski definition) is 2. The SMILES string of the molecule is CN=C(NC#N)NCCCC1(c2ccccc2)SC(c2cc(F)ccc2F)=NN1C(=O)N(C)C1CCN(C(C)=O)CC1. The van der Waals surface area contributed by atoms with Crippen molar-refractivity contribution in [2.24, 2.45) is 10.1 Å². The number of amides is 3. The summed E-state index contributed by atoms with van der Waals surface area (Å²) in [6.07, 6.45) is 3.98. The fraction of sp³-hybridized carbons (Fsp3) is 0.414. The van der Waals surface area contributed by atoms with Crippen molar-refractivity contribution in [3.05, 3.63) is 71.3 Å². The van der Waals surface area contributed by atoms with Crippen molar-refractivity contribution in [3.8, 4) is 6.19 Å². The molecule has 1 unspecified atom stereocenters. The summed E-state index contributed by atoms with van der Waals surface area (Å²) in [5, 5.41) is 20.7. The van der Waals surface area contributed by atoms with Crippen LogP contribution in [0.25, 0.3) is 0 Å². The quantitative estimate of drug-likeness (QED) is 0.164. The zero-order chi connectivity index (χ0) is 30.3. The zero-order valence-corrected chi connectivity index (χ0v) is 24.6. The summed E-state index contributed by atoms with van der Waals surface area (Å²) in [5.41, 5.74) is 0.753. The number of nitrogens with zero attached hydrogens (tertiary/aromatic N) is 6. The highest BCUT2D eigenvalue weighted by molar-refractivity contribution is 8.15. The van der Waals surface area contributed by atoms with E-state index in [0.29, 0.717) is 51.3 Å². The molecule has 0 spiro atoms. The fourth-order valence-electron chi connectivity index (χ4n) is 5.18. The topological polar surface area (TPSA) is 116 Å². The molecular formula is C29H34F2N8O2S. The third kappa shape index (κ3) is 6.65. The number of nitriles is 1. The number of carbonyl (C=O) groups excluding carboxylic acids is 2. The molecule has 13 heteroatoms. The van der Waals surface area contributed by atoms with Crippen molar-refractivity contribution in [2.75, 3.05) is 33.7 Å². The fourth-order valence-corrected chi connectivity index (χ4v) is 6.60. The van der Waals surface area contributed by atoms with Crippen LogP contribution in [0.3, 0.4) is 0 Å². The van der Waals surface area contributed by atoms with Crippen molar-refractivity contribution in [3.63, 3.8) is 0 Å². The van der Waals surface area contributed by atoms with E-state index < -0.39 is 16.5 Å². The summed E-state index contributed by atoms with van der Waals surface area (Å²) in [7, 11) is 3.27. The third-order valence-corrected chi connectivity index (χ3v) is 8.95. The molecule has 4 rings (SSSR count). The molecule has 0 bridgehead atoms. The third-order valence-electron chi connectivity index (χ3n) is 7.51. The minimum absolute atomic E-state index is 0.00248. The maximum absolute atomic E-state index is 15.0. The Labute approximate surface area is 248 Å². The van der Waals surface area contributed by atoms with E-state index in [2.05, 4.69) is 20.7 Å². The molecule has 222 valence electrons. The van der Waals surface area contributed by atoms with Crippen LogP contribution in [-0.2, 0) is 9.67 Å². The normalized spacial score (nSPS) is 19.2. The van der Waals surface area contributed by atoms with Crippen LogP contribution in [0.1, 0.15) is 43.7 Å². The predicted molar refractivity (Wildman–Crippen MR) is 158 cm³/mol. The lowest BCUT2D eigenvalue weighted by atomic mass is 10.00. The number of halogens is 2. The summed E-state index contributed by atoms with van der Waals surface area (Å²) in [6, 6.07) is 12.0. The molecule has 2 aliphatic rings. The highest BCUT2D eigenvalue weighted by Gasteiger charge is 2.50. The average Bonchev–Trinajstić information content (AvgIpc) is 3.40. The van der Waals surface area contributed by atoms with Gasteiger partial charge < -0.3 is 15.1 Å². The molecule has 1 atom stereocenters. The highest BCUT2D eigenvalue weighted by atomic mass is 32.2. The van der Waals surface area contributed by atoms with Gasteiger partial charge in [0.1, 0.15) is 21.5 Å². The molecule has 42 heavy (non-hydrogen) atoms. The molecule has 0 radical (unpaired) electrons. The lowest BCUT2D eigenvalue weighted by molar-refractivity contribution is -0.130. The molecule has 2 aromatic rings. The number of likely N-dealkylation sites (tertiary alicyclic amines) is 1. The Balaban J connectivity index is 1.69. The summed E-state index contributed by atoms with van der Waals surface area (Å²) >= 11 is 1.21. The number of thioether (sulfide) groups is 1. The number of hydrazone groups is 1. The molecule has 1 saturated heterocycles. The van der Waals surface area contributed by atoms with Gasteiger partial charge in [0.15, 0.2) is 6.19 Å². The second kappa shape index (κ2) is 13.7. The van der Waals surface area contributed by atoms with E-state index in [-0.39, 0.29) is 28.6 Å². The van der Waals surface area contributed by atoms with Crippen LogP contribution >= 0.6 is 11.8 Å². The van der Waals surface area contributed by atoms with Crippen LogP contribution in [-0.4, -0.2) is 77.5 Å². The number of piperidine rings is 1. The first-order chi connectivity index (χ1) is 20.2. The van der Waals surface area contributed by atoms with Crippen LogP contribution in [0.5, 0.6) is 0 Å². The smallest absolute Gasteiger partial charge is 0.342 e. The molecular weight excluding hydrogens is 562 g/mol. The summed E-state index contributed by atoms with van der Waals surface area (Å²) < 4.78 is 29.3. The first kappa shape index (κ1) is 30.8. The van der Waals surface area contributed by atoms with Crippen LogP contribution in [0, 0.1) is 23.1 Å². The molecule has 1 fully saturated rings. The van der Waals surface area contributed by atoms with E-state index in [4.69, 9.17) is 5.26 Å². The molecule has 0 saturated carbocycles. The predicted octanol–water partition coefficient (Wildman–Crippen LogP) is 4.02. The number of urea groups is 1. The molecule has 2 aromatic carbocycles. The second-order valence-corrected chi connectivity index (χ2v) is 11.3. The van der Waals surface area contributed by atoms with Crippen molar-refractivity contribution < 1.29 is 18.4 Å². The summed E-state index contributed by atoms with van der Waals surface area (Å²) in [5.74, 6) is -0.937. The molecule has 0 aromatic heterocycles. The molecule has 2 aliphatic heterocycles. The lowest BCUT2D eigenvalue weighted by Crippen LogP contribution is -2.53. The Kier molecular flexibility index (Phi) is 10.0. The first-order valence-corrected chi connectivity index (χ1v) is 14.5. The van der Waals surface area contributed by atoms with E-state index in [1.165, 1.54) is 23.7 Å². The van der Waals surface area contributed by atoms with Gasteiger partial charge >= 0.3 is 6.03 Å². The summed E-state index contributed by atoms with van der Waals surface area (Å²) in [4.78, 5) is 32.4. The Morgan fingerprint density at radius 2 is 1.93 bits per heavy atom. The zero-order valence-electron chi connectivity index (χ0n) is 23.8. The minimum atomic E-state index is -1.07. The number of carbonyl (C=O) groups is 2. The Morgan fingerprint density at radius 3 is 2.57 bits per heavy atom. The summed E-state index contributed by atoms with van der Waals surface area (Å²) in [6.45, 7) is 3.04. The van der Waals surface area contributed by atoms with Gasteiger partial charge in [0.05, 0.1) is 0 Å². The number of rotatable bonds is 7. The van der Waals surface area contributed by atoms with Gasteiger partial charge in [-0.1, -0.05) is 42.1 Å². The van der Waals surface area contributed by atoms with Crippen molar-refractivity contribution in [1.29, 1.82) is 5.26 Å². The lowest BCUT2D eigenvalue weighted by Gasteiger charge is -2.41. The van der Waals surface area contributed by atoms with Gasteiger partial charge in [0.25, 0.3) is 0 Å². The van der Waals surface area contributed by atoms with Crippen molar-refractivity contribution in [2.45, 2.75) is 43.5 Å². The van der Waals surface area contributed by atoms with Gasteiger partial charge in [-0.3, -0.25) is 15.1 Å². The van der Waals surface area contributed by atoms with Gasteiger partial charge in [-0.25, -0.2) is 13.6 Å². The average molecular weight is 597 g/mol. The standard InChI is InChI=1S/C29H34F2N8O2S/c1-20(40)38-16-12-23(13-17-38)37(3)28(41)39-29(21-8-5-4-6-9-21,14-7-15-34-27(33-2)35-19-32)42-26(36-39)24-18-22(30)10-11-25(24)31/h4-6,8-11,18,23H,7,12-17H2,1-3H3,(H2,33,34,35). The maximum Gasteiger partial charge on any atom is 0.342 e. The van der Waals surface area contributed by atoms with Crippen LogP contribution < -0.4 is 10.6 Å². The van der Waals surface area contributed by atoms with Gasteiger partial charge in [0.2, 0.25) is 11.9 Å². The van der Waals surface area contributed by atoms with E-state index in [1.54, 1.807) is 23.9 Å². The molecule has 3 amide bonds. The van der Waals surface area contributed by atoms with Gasteiger partial charge in [-0.05, 0) is 49.4 Å². The Morgan fingerprint density at radius 1 is 1.21 bits per heavy atom. The first-order valence-electron chi connectivity index (χ1n) is 13.7. The number of hydrogen-bond acceptors (Lipinski definition) is 6. The number of guanidine groups is 1. The number of aliphatic imine (C=N–C) groups is 1. The van der Waals surface area contributed by atoms with Crippen LogP contribution in [0.2, 0.25) is 0 Å². The van der Waals surface area contributed by atoms with Crippen LogP contribution in [0.15, 0.2) is 58.6 Å². The van der Waals surface area contributed by atoms with Crippen LogP contribution in [0.4, 0.5) is 13.6 Å². The van der Waals surface area contributed by atoms with E-state index in [1.807, 2.05) is 36.5 Å². The molecule has 10 nitrogen and oxygen atoms in total. The van der Waals surface area contributed by atoms with Gasteiger partial charge in [0, 0.05) is 52.3 Å². The molecule has 0 aliphatic carbocycles. The van der Waals surface area contributed by atoms with Gasteiger partial charge in [-0.15, -0.1) is 0 Å². The largest absolute Gasteiger partial charge is 0.356 e. The van der Waals surface area contributed by atoms with E-state index >= 15 is 0 Å². The Bertz CT molecular complexity index is 1390. The second-order valence-electron chi connectivity index (χ2n) is 10.1. The monoisotopic (exact) mass is 596 g/mol. The number of nitrogens with one attached hydrogen (secondary N) is 2. The minimum Gasteiger partial charge on any atom is -0.356 e. The molecule has 2 N–H and O–H groups in total. The number of benzene rings is 2. The maximum atomic E-state index is 15.0. The van der Waals surface area contributed by atoms with E-state index in [0.717, 1.165) is 23.8 Å². The molecule has 2 heterocycles. The van der Waals surface area contributed by atoms with Crippen molar-refractivity contribution >= 4 is 34.7 Å². The van der Waals surface area contributed by atoms with E-state index in [9.17, 15) is 18.4 Å². The Hall–Kier alpha value is -4.18. The highest BCUT2D eigenvalue weighted by Crippen LogP contribution is 2.51.